The fourth-order valence-corrected chi connectivity index (χ4v) is 3.14. The zero-order valence-corrected chi connectivity index (χ0v) is 15.4. The Labute approximate surface area is 158 Å². The van der Waals surface area contributed by atoms with E-state index in [1.807, 2.05) is 41.9 Å². The van der Waals surface area contributed by atoms with E-state index in [2.05, 4.69) is 15.7 Å². The van der Waals surface area contributed by atoms with E-state index in [1.54, 1.807) is 6.20 Å². The van der Waals surface area contributed by atoms with Gasteiger partial charge in [0.2, 0.25) is 5.91 Å². The summed E-state index contributed by atoms with van der Waals surface area (Å²) in [5.74, 6) is -0.205. The molecule has 0 spiro atoms. The monoisotopic (exact) mass is 380 g/mol. The number of rotatable bonds is 6. The zero-order valence-electron chi connectivity index (χ0n) is 14.6. The molecule has 1 amide bonds. The van der Waals surface area contributed by atoms with Crippen molar-refractivity contribution >= 4 is 18.3 Å². The molecule has 0 unspecified atom stereocenters. The third-order valence-corrected chi connectivity index (χ3v) is 4.55. The number of aromatic nitrogens is 2. The van der Waals surface area contributed by atoms with Gasteiger partial charge in [-0.15, -0.1) is 12.4 Å². The third-order valence-electron chi connectivity index (χ3n) is 4.55. The van der Waals surface area contributed by atoms with Gasteiger partial charge in [0, 0.05) is 19.3 Å². The van der Waals surface area contributed by atoms with Crippen molar-refractivity contribution in [3.05, 3.63) is 42.1 Å². The molecule has 8 heteroatoms. The maximum atomic E-state index is 12.3. The van der Waals surface area contributed by atoms with Crippen LogP contribution in [0.15, 0.2) is 36.5 Å². The second-order valence-corrected chi connectivity index (χ2v) is 6.25. The number of amides is 1. The second kappa shape index (κ2) is 9.14. The van der Waals surface area contributed by atoms with Crippen LogP contribution in [0.25, 0.3) is 11.3 Å². The molecule has 2 aromatic rings. The summed E-state index contributed by atoms with van der Waals surface area (Å²) in [6.45, 7) is 3.06. The van der Waals surface area contributed by atoms with Gasteiger partial charge in [-0.25, -0.2) is 0 Å². The van der Waals surface area contributed by atoms with Gasteiger partial charge in [-0.3, -0.25) is 9.48 Å². The summed E-state index contributed by atoms with van der Waals surface area (Å²) in [6, 6.07) is 8.80. The predicted molar refractivity (Wildman–Crippen MR) is 101 cm³/mol. The lowest BCUT2D eigenvalue weighted by Crippen LogP contribution is -2.42. The van der Waals surface area contributed by atoms with Crippen LogP contribution in [0, 0.1) is 0 Å². The molecule has 4 N–H and O–H groups in total. The lowest BCUT2D eigenvalue weighted by atomic mass is 10.0. The average molecular weight is 381 g/mol. The SMILES string of the molecule is CCn1nccc1-c1ccc([C@H](CO)NC(=O)[C@@H]2C[C@@H](O)CN2)cc1.Cl. The molecule has 0 radical (unpaired) electrons. The second-order valence-electron chi connectivity index (χ2n) is 6.25. The first-order valence-electron chi connectivity index (χ1n) is 8.57. The number of hydrogen-bond donors (Lipinski definition) is 4. The molecule has 0 saturated carbocycles. The largest absolute Gasteiger partial charge is 0.394 e. The van der Waals surface area contributed by atoms with Crippen LogP contribution in [0.4, 0.5) is 0 Å². The van der Waals surface area contributed by atoms with Crippen LogP contribution in [-0.4, -0.2) is 51.2 Å². The van der Waals surface area contributed by atoms with Gasteiger partial charge in [0.05, 0.1) is 30.5 Å². The predicted octanol–water partition coefficient (Wildman–Crippen LogP) is 0.864. The molecular weight excluding hydrogens is 356 g/mol. The van der Waals surface area contributed by atoms with Gasteiger partial charge in [-0.1, -0.05) is 24.3 Å². The maximum Gasteiger partial charge on any atom is 0.237 e. The van der Waals surface area contributed by atoms with E-state index in [1.165, 1.54) is 0 Å². The Bertz CT molecular complexity index is 719. The molecule has 7 nitrogen and oxygen atoms in total. The fraction of sp³-hybridized carbons (Fsp3) is 0.444. The van der Waals surface area contributed by atoms with Crippen LogP contribution in [-0.2, 0) is 11.3 Å². The maximum absolute atomic E-state index is 12.3. The first-order valence-corrected chi connectivity index (χ1v) is 8.57. The van der Waals surface area contributed by atoms with Gasteiger partial charge in [0.15, 0.2) is 0 Å². The molecule has 1 aliphatic heterocycles. The van der Waals surface area contributed by atoms with Crippen molar-refractivity contribution in [2.75, 3.05) is 13.2 Å². The topological polar surface area (TPSA) is 99.4 Å². The summed E-state index contributed by atoms with van der Waals surface area (Å²) >= 11 is 0. The fourth-order valence-electron chi connectivity index (χ4n) is 3.14. The van der Waals surface area contributed by atoms with E-state index in [0.29, 0.717) is 13.0 Å². The lowest BCUT2D eigenvalue weighted by molar-refractivity contribution is -0.124. The molecule has 0 bridgehead atoms. The van der Waals surface area contributed by atoms with Crippen LogP contribution >= 0.6 is 12.4 Å². The highest BCUT2D eigenvalue weighted by Crippen LogP contribution is 2.22. The van der Waals surface area contributed by atoms with Crippen molar-refractivity contribution in [1.82, 2.24) is 20.4 Å². The van der Waals surface area contributed by atoms with Gasteiger partial charge in [0.1, 0.15) is 0 Å². The van der Waals surface area contributed by atoms with Crippen LogP contribution < -0.4 is 10.6 Å². The van der Waals surface area contributed by atoms with E-state index in [-0.39, 0.29) is 24.9 Å². The summed E-state index contributed by atoms with van der Waals surface area (Å²) in [5.41, 5.74) is 2.90. The van der Waals surface area contributed by atoms with E-state index >= 15 is 0 Å². The Kier molecular flexibility index (Phi) is 7.16. The van der Waals surface area contributed by atoms with Crippen molar-refractivity contribution in [2.24, 2.45) is 0 Å². The van der Waals surface area contributed by atoms with Crippen molar-refractivity contribution in [3.63, 3.8) is 0 Å². The van der Waals surface area contributed by atoms with Crippen LogP contribution in [0.3, 0.4) is 0 Å². The Morgan fingerprint density at radius 1 is 1.38 bits per heavy atom. The summed E-state index contributed by atoms with van der Waals surface area (Å²) in [4.78, 5) is 12.3. The first-order chi connectivity index (χ1) is 12.1. The van der Waals surface area contributed by atoms with Gasteiger partial charge in [-0.2, -0.15) is 5.10 Å². The number of carbonyl (C=O) groups is 1. The third kappa shape index (κ3) is 4.42. The van der Waals surface area contributed by atoms with E-state index < -0.39 is 18.2 Å². The van der Waals surface area contributed by atoms with E-state index in [9.17, 15) is 15.0 Å². The minimum atomic E-state index is -0.494. The van der Waals surface area contributed by atoms with Crippen molar-refractivity contribution in [3.8, 4) is 11.3 Å². The number of nitrogens with zero attached hydrogens (tertiary/aromatic N) is 2. The summed E-state index contributed by atoms with van der Waals surface area (Å²) < 4.78 is 1.91. The lowest BCUT2D eigenvalue weighted by Gasteiger charge is -2.20. The number of aryl methyl sites for hydroxylation is 1. The minimum absolute atomic E-state index is 0. The molecule has 26 heavy (non-hydrogen) atoms. The quantitative estimate of drug-likeness (QED) is 0.596. The number of hydrogen-bond acceptors (Lipinski definition) is 5. The number of aliphatic hydroxyl groups is 2. The number of β-amino-alcohol motifs (C(OH)–C–C–N with tert-alkyl or cyclic N) is 1. The highest BCUT2D eigenvalue weighted by Gasteiger charge is 2.29. The Morgan fingerprint density at radius 3 is 2.69 bits per heavy atom. The summed E-state index contributed by atoms with van der Waals surface area (Å²) in [5, 5.41) is 29.3. The highest BCUT2D eigenvalue weighted by atomic mass is 35.5. The van der Waals surface area contributed by atoms with E-state index in [4.69, 9.17) is 0 Å². The molecule has 1 aromatic heterocycles. The molecule has 1 saturated heterocycles. The first kappa shape index (κ1) is 20.4. The minimum Gasteiger partial charge on any atom is -0.394 e. The number of halogens is 1. The number of nitrogens with one attached hydrogen (secondary N) is 2. The molecule has 3 rings (SSSR count). The van der Waals surface area contributed by atoms with Gasteiger partial charge in [0.25, 0.3) is 0 Å². The molecule has 2 heterocycles. The van der Waals surface area contributed by atoms with Crippen LogP contribution in [0.1, 0.15) is 24.9 Å². The Balaban J connectivity index is 0.00000243. The van der Waals surface area contributed by atoms with Crippen molar-refractivity contribution < 1.29 is 15.0 Å². The molecular formula is C18H25ClN4O3. The molecule has 1 aromatic carbocycles. The Morgan fingerprint density at radius 2 is 2.12 bits per heavy atom. The van der Waals surface area contributed by atoms with Crippen LogP contribution in [0.5, 0.6) is 0 Å². The molecule has 1 aliphatic rings. The van der Waals surface area contributed by atoms with E-state index in [0.717, 1.165) is 23.4 Å². The van der Waals surface area contributed by atoms with Gasteiger partial charge < -0.3 is 20.8 Å². The van der Waals surface area contributed by atoms with Crippen LogP contribution in [0.2, 0.25) is 0 Å². The Hall–Kier alpha value is -1.93. The average Bonchev–Trinajstić information content (AvgIpc) is 3.28. The number of carbonyl (C=O) groups excluding carboxylic acids is 1. The molecule has 142 valence electrons. The molecule has 1 fully saturated rings. The van der Waals surface area contributed by atoms with Gasteiger partial charge in [-0.05, 0) is 30.5 Å². The normalized spacial score (nSPS) is 20.4. The van der Waals surface area contributed by atoms with Crippen molar-refractivity contribution in [2.45, 2.75) is 38.1 Å². The summed E-state index contributed by atoms with van der Waals surface area (Å²) in [6.07, 6.45) is 1.67. The van der Waals surface area contributed by atoms with Gasteiger partial charge >= 0.3 is 0 Å². The smallest absolute Gasteiger partial charge is 0.237 e. The molecule has 0 aliphatic carbocycles. The summed E-state index contributed by atoms with van der Waals surface area (Å²) in [7, 11) is 0. The molecule has 3 atom stereocenters. The number of aliphatic hydroxyl groups excluding tert-OH is 2. The highest BCUT2D eigenvalue weighted by molar-refractivity contribution is 5.85. The number of benzene rings is 1. The zero-order chi connectivity index (χ0) is 17.8. The van der Waals surface area contributed by atoms with Crippen molar-refractivity contribution in [1.29, 1.82) is 0 Å². The standard InChI is InChI=1S/C18H24N4O3.ClH/c1-2-22-17(7-8-20-22)13-5-3-12(4-6-13)16(11-23)21-18(25)15-9-14(24)10-19-15;/h3-8,14-16,19,23-24H,2,9-11H2,1H3,(H,21,25);1H/t14-,15+,16+;/m1./s1.